The molecule has 0 heterocycles. The van der Waals surface area contributed by atoms with Crippen molar-refractivity contribution in [3.8, 4) is 0 Å². The van der Waals surface area contributed by atoms with Gasteiger partial charge in [-0.25, -0.2) is 0 Å². The van der Waals surface area contributed by atoms with Crippen molar-refractivity contribution in [2.45, 2.75) is 52.7 Å². The smallest absolute Gasteiger partial charge is 0.0853 e. The first-order chi connectivity index (χ1) is 8.92. The highest BCUT2D eigenvalue weighted by molar-refractivity contribution is 5.19. The van der Waals surface area contributed by atoms with Gasteiger partial charge in [0.15, 0.2) is 0 Å². The number of rotatable bonds is 7. The summed E-state index contributed by atoms with van der Waals surface area (Å²) in [7, 11) is 2.16. The Labute approximate surface area is 118 Å². The SMILES string of the molecule is CCC(CC)N(C)CC(C)(C)C(O)c1ccccc1. The summed E-state index contributed by atoms with van der Waals surface area (Å²) in [6, 6.07) is 10.6. The number of aliphatic hydroxyl groups excluding tert-OH is 1. The van der Waals surface area contributed by atoms with Gasteiger partial charge in [-0.3, -0.25) is 0 Å². The predicted octanol–water partition coefficient (Wildman–Crippen LogP) is 3.87. The van der Waals surface area contributed by atoms with Crippen LogP contribution >= 0.6 is 0 Å². The molecule has 1 aromatic carbocycles. The number of aliphatic hydroxyl groups is 1. The molecule has 2 heteroatoms. The molecule has 0 saturated heterocycles. The number of benzene rings is 1. The second kappa shape index (κ2) is 7.06. The molecule has 1 rings (SSSR count). The molecule has 0 amide bonds. The number of hydrogen-bond acceptors (Lipinski definition) is 2. The maximum absolute atomic E-state index is 10.6. The van der Waals surface area contributed by atoms with Gasteiger partial charge in [0, 0.05) is 18.0 Å². The molecule has 0 spiro atoms. The Morgan fingerprint density at radius 2 is 1.63 bits per heavy atom. The second-order valence-corrected chi connectivity index (χ2v) is 6.19. The van der Waals surface area contributed by atoms with Crippen molar-refractivity contribution in [1.82, 2.24) is 4.90 Å². The van der Waals surface area contributed by atoms with Crippen molar-refractivity contribution in [2.75, 3.05) is 13.6 Å². The standard InChI is InChI=1S/C17H29NO/c1-6-15(7-2)18(5)13-17(3,4)16(19)14-11-9-8-10-12-14/h8-12,15-16,19H,6-7,13H2,1-5H3. The summed E-state index contributed by atoms with van der Waals surface area (Å²) in [6.45, 7) is 9.64. The Kier molecular flexibility index (Phi) is 6.02. The highest BCUT2D eigenvalue weighted by Crippen LogP contribution is 2.34. The molecule has 0 radical (unpaired) electrons. The van der Waals surface area contributed by atoms with Crippen LogP contribution in [0.25, 0.3) is 0 Å². The van der Waals surface area contributed by atoms with Crippen molar-refractivity contribution < 1.29 is 5.11 Å². The summed E-state index contributed by atoms with van der Waals surface area (Å²) in [5.74, 6) is 0. The van der Waals surface area contributed by atoms with Crippen LogP contribution in [0, 0.1) is 5.41 Å². The fourth-order valence-corrected chi connectivity index (χ4v) is 2.86. The zero-order chi connectivity index (χ0) is 14.5. The molecular weight excluding hydrogens is 234 g/mol. The van der Waals surface area contributed by atoms with E-state index in [1.54, 1.807) is 0 Å². The normalized spacial score (nSPS) is 14.1. The van der Waals surface area contributed by atoms with E-state index in [9.17, 15) is 5.11 Å². The minimum absolute atomic E-state index is 0.154. The van der Waals surface area contributed by atoms with Crippen LogP contribution in [0.1, 0.15) is 52.2 Å². The van der Waals surface area contributed by atoms with Gasteiger partial charge >= 0.3 is 0 Å². The van der Waals surface area contributed by atoms with Gasteiger partial charge < -0.3 is 10.0 Å². The molecule has 0 fully saturated rings. The number of nitrogens with zero attached hydrogens (tertiary/aromatic N) is 1. The van der Waals surface area contributed by atoms with Crippen LogP contribution in [-0.4, -0.2) is 29.6 Å². The Morgan fingerprint density at radius 3 is 2.11 bits per heavy atom. The fraction of sp³-hybridized carbons (Fsp3) is 0.647. The van der Waals surface area contributed by atoms with Crippen LogP contribution in [0.2, 0.25) is 0 Å². The largest absolute Gasteiger partial charge is 0.388 e. The van der Waals surface area contributed by atoms with E-state index in [1.807, 2.05) is 30.3 Å². The molecule has 0 aliphatic rings. The Hall–Kier alpha value is -0.860. The van der Waals surface area contributed by atoms with Crippen LogP contribution in [0.5, 0.6) is 0 Å². The third kappa shape index (κ3) is 4.32. The van der Waals surface area contributed by atoms with Crippen molar-refractivity contribution in [3.05, 3.63) is 35.9 Å². The van der Waals surface area contributed by atoms with Gasteiger partial charge in [-0.1, -0.05) is 58.0 Å². The van der Waals surface area contributed by atoms with E-state index in [0.29, 0.717) is 6.04 Å². The van der Waals surface area contributed by atoms with Gasteiger partial charge in [0.2, 0.25) is 0 Å². The van der Waals surface area contributed by atoms with E-state index in [2.05, 4.69) is 39.6 Å². The summed E-state index contributed by atoms with van der Waals surface area (Å²) >= 11 is 0. The van der Waals surface area contributed by atoms with E-state index in [-0.39, 0.29) is 5.41 Å². The molecular formula is C17H29NO. The van der Waals surface area contributed by atoms with E-state index < -0.39 is 6.10 Å². The Bertz CT molecular complexity index is 357. The van der Waals surface area contributed by atoms with E-state index in [1.165, 1.54) is 0 Å². The molecule has 0 saturated carbocycles. The summed E-state index contributed by atoms with van der Waals surface area (Å²) in [4.78, 5) is 2.38. The lowest BCUT2D eigenvalue weighted by Gasteiger charge is -2.37. The van der Waals surface area contributed by atoms with Crippen LogP contribution < -0.4 is 0 Å². The van der Waals surface area contributed by atoms with E-state index in [0.717, 1.165) is 24.9 Å². The molecule has 1 atom stereocenters. The van der Waals surface area contributed by atoms with Gasteiger partial charge in [-0.05, 0) is 25.5 Å². The molecule has 0 bridgehead atoms. The Balaban J connectivity index is 2.75. The second-order valence-electron chi connectivity index (χ2n) is 6.19. The molecule has 2 nitrogen and oxygen atoms in total. The monoisotopic (exact) mass is 263 g/mol. The molecule has 1 aromatic rings. The van der Waals surface area contributed by atoms with Gasteiger partial charge in [-0.2, -0.15) is 0 Å². The zero-order valence-corrected chi connectivity index (χ0v) is 13.1. The zero-order valence-electron chi connectivity index (χ0n) is 13.1. The van der Waals surface area contributed by atoms with Crippen molar-refractivity contribution in [3.63, 3.8) is 0 Å². The molecule has 0 aliphatic heterocycles. The van der Waals surface area contributed by atoms with Gasteiger partial charge in [-0.15, -0.1) is 0 Å². The molecule has 0 aliphatic carbocycles. The van der Waals surface area contributed by atoms with Gasteiger partial charge in [0.05, 0.1) is 6.10 Å². The third-order valence-corrected chi connectivity index (χ3v) is 4.08. The average molecular weight is 263 g/mol. The van der Waals surface area contributed by atoms with E-state index in [4.69, 9.17) is 0 Å². The lowest BCUT2D eigenvalue weighted by Crippen LogP contribution is -2.41. The molecule has 19 heavy (non-hydrogen) atoms. The minimum Gasteiger partial charge on any atom is -0.388 e. The summed E-state index contributed by atoms with van der Waals surface area (Å²) < 4.78 is 0. The molecule has 108 valence electrons. The quantitative estimate of drug-likeness (QED) is 0.807. The highest BCUT2D eigenvalue weighted by atomic mass is 16.3. The Morgan fingerprint density at radius 1 is 1.11 bits per heavy atom. The predicted molar refractivity (Wildman–Crippen MR) is 82.2 cm³/mol. The first-order valence-electron chi connectivity index (χ1n) is 7.35. The van der Waals surface area contributed by atoms with E-state index >= 15 is 0 Å². The van der Waals surface area contributed by atoms with Crippen LogP contribution in [0.3, 0.4) is 0 Å². The molecule has 1 unspecified atom stereocenters. The minimum atomic E-state index is -0.425. The lowest BCUT2D eigenvalue weighted by molar-refractivity contribution is 0.0158. The maximum Gasteiger partial charge on any atom is 0.0853 e. The molecule has 1 N–H and O–H groups in total. The van der Waals surface area contributed by atoms with Crippen molar-refractivity contribution >= 4 is 0 Å². The summed E-state index contributed by atoms with van der Waals surface area (Å²) in [6.07, 6.45) is 1.89. The van der Waals surface area contributed by atoms with Gasteiger partial charge in [0.1, 0.15) is 0 Å². The topological polar surface area (TPSA) is 23.5 Å². The molecule has 0 aromatic heterocycles. The first-order valence-corrected chi connectivity index (χ1v) is 7.35. The maximum atomic E-state index is 10.6. The first kappa shape index (κ1) is 16.2. The highest BCUT2D eigenvalue weighted by Gasteiger charge is 2.31. The van der Waals surface area contributed by atoms with Crippen LogP contribution in [0.4, 0.5) is 0 Å². The van der Waals surface area contributed by atoms with Crippen LogP contribution in [-0.2, 0) is 0 Å². The van der Waals surface area contributed by atoms with Gasteiger partial charge in [0.25, 0.3) is 0 Å². The fourth-order valence-electron chi connectivity index (χ4n) is 2.86. The summed E-state index contributed by atoms with van der Waals surface area (Å²) in [5, 5.41) is 10.6. The summed E-state index contributed by atoms with van der Waals surface area (Å²) in [5.41, 5.74) is 0.851. The third-order valence-electron chi connectivity index (χ3n) is 4.08. The van der Waals surface area contributed by atoms with Crippen molar-refractivity contribution in [1.29, 1.82) is 0 Å². The lowest BCUT2D eigenvalue weighted by atomic mass is 9.82. The van der Waals surface area contributed by atoms with Crippen molar-refractivity contribution in [2.24, 2.45) is 5.41 Å². The average Bonchev–Trinajstić information content (AvgIpc) is 2.39. The number of hydrogen-bond donors (Lipinski definition) is 1. The van der Waals surface area contributed by atoms with Crippen LogP contribution in [0.15, 0.2) is 30.3 Å².